The Kier molecular flexibility index (Phi) is 16.1. The summed E-state index contributed by atoms with van der Waals surface area (Å²) in [5.41, 5.74) is -0.156. The molecule has 0 saturated carbocycles. The first-order valence-corrected chi connectivity index (χ1v) is 18.7. The molecule has 0 bridgehead atoms. The normalized spacial score (nSPS) is 13.4. The molecule has 0 aliphatic heterocycles. The standard InChI is InChI=1S/C23H50N2O10Si3/c1-21-24-22(25-35-21)20-23(14-11-17-36(26-2,27-3)28-4,15-12-18-37(29-5,30-6)31-7)16-13-19-38(32-8,33-9)34-10/h11-20H2,1-10H3. The predicted octanol–water partition coefficient (Wildman–Crippen LogP) is 3.88. The van der Waals surface area contributed by atoms with E-state index in [-0.39, 0.29) is 5.41 Å². The van der Waals surface area contributed by atoms with Crippen LogP contribution in [0.15, 0.2) is 4.52 Å². The molecule has 0 unspecified atom stereocenters. The van der Waals surface area contributed by atoms with E-state index < -0.39 is 26.4 Å². The highest BCUT2D eigenvalue weighted by Crippen LogP contribution is 2.42. The Morgan fingerprint density at radius 1 is 0.579 bits per heavy atom. The summed E-state index contributed by atoms with van der Waals surface area (Å²) in [4.78, 5) is 4.54. The van der Waals surface area contributed by atoms with E-state index >= 15 is 0 Å². The molecule has 0 aliphatic carbocycles. The van der Waals surface area contributed by atoms with Gasteiger partial charge < -0.3 is 44.4 Å². The van der Waals surface area contributed by atoms with Crippen LogP contribution >= 0.6 is 0 Å². The van der Waals surface area contributed by atoms with E-state index in [1.54, 1.807) is 70.9 Å². The van der Waals surface area contributed by atoms with E-state index in [0.29, 0.717) is 36.3 Å². The maximum absolute atomic E-state index is 5.68. The Morgan fingerprint density at radius 2 is 0.895 bits per heavy atom. The number of aryl methyl sites for hydroxylation is 1. The van der Waals surface area contributed by atoms with E-state index in [2.05, 4.69) is 10.1 Å². The van der Waals surface area contributed by atoms with Gasteiger partial charge in [-0.3, -0.25) is 0 Å². The summed E-state index contributed by atoms with van der Waals surface area (Å²) >= 11 is 0. The van der Waals surface area contributed by atoms with Crippen molar-refractivity contribution in [2.45, 2.75) is 70.0 Å². The minimum atomic E-state index is -2.72. The predicted molar refractivity (Wildman–Crippen MR) is 148 cm³/mol. The first-order valence-electron chi connectivity index (χ1n) is 12.9. The second-order valence-corrected chi connectivity index (χ2v) is 18.6. The minimum absolute atomic E-state index is 0.156. The van der Waals surface area contributed by atoms with E-state index in [0.717, 1.165) is 38.5 Å². The van der Waals surface area contributed by atoms with Gasteiger partial charge >= 0.3 is 26.4 Å². The molecule has 224 valence electrons. The molecule has 0 N–H and O–H groups in total. The van der Waals surface area contributed by atoms with Crippen LogP contribution in [0.1, 0.15) is 50.2 Å². The van der Waals surface area contributed by atoms with Crippen molar-refractivity contribution >= 4 is 26.4 Å². The molecule has 1 aromatic heterocycles. The zero-order valence-electron chi connectivity index (χ0n) is 25.0. The summed E-state index contributed by atoms with van der Waals surface area (Å²) in [6, 6.07) is 2.09. The van der Waals surface area contributed by atoms with Crippen molar-refractivity contribution in [2.24, 2.45) is 5.41 Å². The lowest BCUT2D eigenvalue weighted by Crippen LogP contribution is -2.44. The Hall–Kier alpha value is -0.569. The summed E-state index contributed by atoms with van der Waals surface area (Å²) in [5, 5.41) is 4.23. The van der Waals surface area contributed by atoms with Crippen molar-refractivity contribution in [3.05, 3.63) is 11.7 Å². The number of nitrogens with zero attached hydrogens (tertiary/aromatic N) is 2. The third-order valence-corrected chi connectivity index (χ3v) is 16.0. The third kappa shape index (κ3) is 10.1. The molecule has 0 saturated heterocycles. The van der Waals surface area contributed by atoms with Crippen molar-refractivity contribution < 1.29 is 44.4 Å². The Labute approximate surface area is 232 Å². The van der Waals surface area contributed by atoms with Gasteiger partial charge in [0.15, 0.2) is 5.82 Å². The first kappa shape index (κ1) is 35.5. The van der Waals surface area contributed by atoms with Gasteiger partial charge in [0, 0.05) is 95.5 Å². The van der Waals surface area contributed by atoms with Crippen LogP contribution in [0.5, 0.6) is 0 Å². The van der Waals surface area contributed by atoms with Crippen LogP contribution in [0.2, 0.25) is 18.1 Å². The number of hydrogen-bond donors (Lipinski definition) is 0. The van der Waals surface area contributed by atoms with Gasteiger partial charge in [-0.05, 0) is 43.9 Å². The van der Waals surface area contributed by atoms with Gasteiger partial charge in [-0.25, -0.2) is 0 Å². The molecule has 1 aromatic rings. The second-order valence-electron chi connectivity index (χ2n) is 9.35. The van der Waals surface area contributed by atoms with Gasteiger partial charge in [0.1, 0.15) is 0 Å². The molecule has 0 radical (unpaired) electrons. The fourth-order valence-corrected chi connectivity index (χ4v) is 10.3. The summed E-state index contributed by atoms with van der Waals surface area (Å²) in [5.74, 6) is 1.24. The van der Waals surface area contributed by atoms with Crippen LogP contribution in [0.3, 0.4) is 0 Å². The highest BCUT2D eigenvalue weighted by Gasteiger charge is 2.43. The van der Waals surface area contributed by atoms with Crippen LogP contribution in [0, 0.1) is 12.3 Å². The Morgan fingerprint density at radius 3 is 1.13 bits per heavy atom. The second kappa shape index (κ2) is 17.3. The van der Waals surface area contributed by atoms with Crippen molar-refractivity contribution in [1.82, 2.24) is 10.1 Å². The zero-order chi connectivity index (χ0) is 28.7. The Balaban J connectivity index is 3.25. The van der Waals surface area contributed by atoms with Gasteiger partial charge in [0.2, 0.25) is 5.89 Å². The smallest absolute Gasteiger partial charge is 0.377 e. The van der Waals surface area contributed by atoms with E-state index in [1.807, 2.05) is 0 Å². The lowest BCUT2D eigenvalue weighted by molar-refractivity contribution is 0.113. The first-order chi connectivity index (χ1) is 18.1. The van der Waals surface area contributed by atoms with Crippen LogP contribution < -0.4 is 0 Å². The molecule has 0 spiro atoms. The summed E-state index contributed by atoms with van der Waals surface area (Å²) in [7, 11) is 6.63. The van der Waals surface area contributed by atoms with E-state index in [9.17, 15) is 0 Å². The fourth-order valence-electron chi connectivity index (χ4n) is 5.10. The number of hydrogen-bond acceptors (Lipinski definition) is 12. The third-order valence-electron chi connectivity index (χ3n) is 7.47. The van der Waals surface area contributed by atoms with Crippen LogP contribution in [0.4, 0.5) is 0 Å². The maximum Gasteiger partial charge on any atom is 0.500 e. The monoisotopic (exact) mass is 598 g/mol. The highest BCUT2D eigenvalue weighted by molar-refractivity contribution is 6.61. The molecule has 0 aromatic carbocycles. The molecule has 0 fully saturated rings. The topological polar surface area (TPSA) is 122 Å². The van der Waals surface area contributed by atoms with Crippen LogP contribution in [-0.4, -0.2) is 101 Å². The molecule has 0 aliphatic rings. The van der Waals surface area contributed by atoms with Gasteiger partial charge in [-0.1, -0.05) is 5.16 Å². The zero-order valence-corrected chi connectivity index (χ0v) is 28.0. The van der Waals surface area contributed by atoms with Gasteiger partial charge in [-0.15, -0.1) is 0 Å². The molecule has 0 amide bonds. The summed E-state index contributed by atoms with van der Waals surface area (Å²) < 4.78 is 56.4. The number of aromatic nitrogens is 2. The SMILES string of the molecule is CO[Si](CCCC(CCC[Si](OC)(OC)OC)(CCC[Si](OC)(OC)OC)Cc1noc(C)n1)(OC)OC. The molecule has 12 nitrogen and oxygen atoms in total. The highest BCUT2D eigenvalue weighted by atomic mass is 28.4. The molecule has 1 heterocycles. The largest absolute Gasteiger partial charge is 0.500 e. The van der Waals surface area contributed by atoms with Crippen LogP contribution in [-0.2, 0) is 46.3 Å². The quantitative estimate of drug-likeness (QED) is 0.170. The maximum atomic E-state index is 5.68. The van der Waals surface area contributed by atoms with Gasteiger partial charge in [-0.2, -0.15) is 4.98 Å². The van der Waals surface area contributed by atoms with Crippen molar-refractivity contribution in [1.29, 1.82) is 0 Å². The molecular formula is C23H50N2O10Si3. The lowest BCUT2D eigenvalue weighted by Gasteiger charge is -2.36. The summed E-state index contributed by atoms with van der Waals surface area (Å²) in [6.45, 7) is 1.80. The van der Waals surface area contributed by atoms with Gasteiger partial charge in [0.05, 0.1) is 0 Å². The van der Waals surface area contributed by atoms with Crippen LogP contribution in [0.25, 0.3) is 0 Å². The Bertz CT molecular complexity index is 672. The average molecular weight is 599 g/mol. The number of rotatable bonds is 23. The molecule has 0 atom stereocenters. The molecule has 15 heteroatoms. The molecular weight excluding hydrogens is 549 g/mol. The molecule has 1 rings (SSSR count). The minimum Gasteiger partial charge on any atom is -0.377 e. The van der Waals surface area contributed by atoms with Crippen molar-refractivity contribution in [3.8, 4) is 0 Å². The van der Waals surface area contributed by atoms with E-state index in [4.69, 9.17) is 44.4 Å². The average Bonchev–Trinajstić information content (AvgIpc) is 3.36. The van der Waals surface area contributed by atoms with Crippen molar-refractivity contribution in [3.63, 3.8) is 0 Å². The van der Waals surface area contributed by atoms with Crippen molar-refractivity contribution in [2.75, 3.05) is 64.0 Å². The van der Waals surface area contributed by atoms with E-state index in [1.165, 1.54) is 0 Å². The van der Waals surface area contributed by atoms with Gasteiger partial charge in [0.25, 0.3) is 0 Å². The molecule has 38 heavy (non-hydrogen) atoms. The fraction of sp³-hybridized carbons (Fsp3) is 0.913. The summed E-state index contributed by atoms with van der Waals surface area (Å²) in [6.07, 6.45) is 5.86. The lowest BCUT2D eigenvalue weighted by atomic mass is 9.73.